The van der Waals surface area contributed by atoms with Crippen molar-refractivity contribution >= 4 is 28.9 Å². The van der Waals surface area contributed by atoms with Gasteiger partial charge in [0.05, 0.1) is 6.04 Å². The van der Waals surface area contributed by atoms with Crippen LogP contribution in [-0.4, -0.2) is 63.5 Å². The summed E-state index contributed by atoms with van der Waals surface area (Å²) in [6.45, 7) is 3.40. The van der Waals surface area contributed by atoms with E-state index in [1.54, 1.807) is 36.4 Å². The van der Waals surface area contributed by atoms with Gasteiger partial charge in [-0.15, -0.1) is 0 Å². The topological polar surface area (TPSA) is 67.9 Å². The van der Waals surface area contributed by atoms with E-state index in [0.717, 1.165) is 43.1 Å². The Hall–Kier alpha value is -3.91. The zero-order valence-corrected chi connectivity index (χ0v) is 20.7. The molecule has 0 spiro atoms. The summed E-state index contributed by atoms with van der Waals surface area (Å²) in [4.78, 5) is 31.6. The summed E-state index contributed by atoms with van der Waals surface area (Å²) >= 11 is 0. The number of hydrogen-bond acceptors (Lipinski definition) is 5. The highest BCUT2D eigenvalue weighted by Crippen LogP contribution is 2.26. The van der Waals surface area contributed by atoms with E-state index in [2.05, 4.69) is 44.7 Å². The third-order valence-corrected chi connectivity index (χ3v) is 6.43. The van der Waals surface area contributed by atoms with Crippen LogP contribution in [0.15, 0.2) is 78.9 Å². The van der Waals surface area contributed by atoms with Crippen LogP contribution >= 0.6 is 0 Å². The normalized spacial score (nSPS) is 14.7. The van der Waals surface area contributed by atoms with Crippen molar-refractivity contribution in [1.82, 2.24) is 10.2 Å². The lowest BCUT2D eigenvalue weighted by atomic mass is 10.0. The first-order valence-electron chi connectivity index (χ1n) is 12.1. The molecule has 2 amide bonds. The summed E-state index contributed by atoms with van der Waals surface area (Å²) < 4.78 is 13.3. The number of amides is 2. The molecule has 36 heavy (non-hydrogen) atoms. The van der Waals surface area contributed by atoms with E-state index in [0.29, 0.717) is 12.2 Å². The molecule has 0 aromatic heterocycles. The predicted molar refractivity (Wildman–Crippen MR) is 142 cm³/mol. The lowest BCUT2D eigenvalue weighted by Gasteiger charge is -2.40. The fourth-order valence-electron chi connectivity index (χ4n) is 4.38. The smallest absolute Gasteiger partial charge is 0.313 e. The van der Waals surface area contributed by atoms with Crippen molar-refractivity contribution in [3.8, 4) is 0 Å². The Kier molecular flexibility index (Phi) is 8.17. The van der Waals surface area contributed by atoms with Gasteiger partial charge < -0.3 is 20.4 Å². The van der Waals surface area contributed by atoms with Gasteiger partial charge in [0.1, 0.15) is 5.82 Å². The quantitative estimate of drug-likeness (QED) is 0.497. The Bertz CT molecular complexity index is 1140. The molecule has 1 heterocycles. The van der Waals surface area contributed by atoms with Gasteiger partial charge in [0.2, 0.25) is 0 Å². The van der Waals surface area contributed by atoms with Crippen LogP contribution in [0.5, 0.6) is 0 Å². The highest BCUT2D eigenvalue weighted by Gasteiger charge is 2.27. The van der Waals surface area contributed by atoms with E-state index in [1.807, 2.05) is 25.1 Å². The summed E-state index contributed by atoms with van der Waals surface area (Å²) in [5, 5.41) is 5.46. The Morgan fingerprint density at radius 1 is 0.861 bits per heavy atom. The molecule has 0 bridgehead atoms. The molecule has 0 aliphatic carbocycles. The van der Waals surface area contributed by atoms with Gasteiger partial charge in [-0.25, -0.2) is 4.39 Å². The second kappa shape index (κ2) is 11.7. The van der Waals surface area contributed by atoms with Crippen LogP contribution in [0.1, 0.15) is 11.6 Å². The van der Waals surface area contributed by atoms with Crippen LogP contribution in [0.3, 0.4) is 0 Å². The molecule has 188 valence electrons. The molecule has 7 nitrogen and oxygen atoms in total. The van der Waals surface area contributed by atoms with E-state index in [9.17, 15) is 14.0 Å². The molecule has 2 N–H and O–H groups in total. The van der Waals surface area contributed by atoms with E-state index in [4.69, 9.17) is 0 Å². The van der Waals surface area contributed by atoms with Crippen LogP contribution in [0.4, 0.5) is 21.5 Å². The molecular formula is C28H32FN5O2. The molecule has 3 aromatic carbocycles. The van der Waals surface area contributed by atoms with E-state index >= 15 is 0 Å². The van der Waals surface area contributed by atoms with Crippen molar-refractivity contribution in [2.24, 2.45) is 0 Å². The number of piperazine rings is 1. The highest BCUT2D eigenvalue weighted by molar-refractivity contribution is 6.39. The SMILES string of the molecule is CN(C)c1ccc(C(CNC(=O)C(=O)Nc2ccccc2)N2CCN(c3ccc(F)cc3)CC2)cc1. The largest absolute Gasteiger partial charge is 0.378 e. The standard InChI is InChI=1S/C28H32FN5O2/c1-32(2)24-12-8-21(9-13-24)26(20-30-27(35)28(36)31-23-6-4-3-5-7-23)34-18-16-33(17-19-34)25-14-10-22(29)11-15-25/h3-15,26H,16-20H2,1-2H3,(H,30,35)(H,31,36). The molecule has 0 saturated carbocycles. The Morgan fingerprint density at radius 3 is 2.11 bits per heavy atom. The van der Waals surface area contributed by atoms with Crippen molar-refractivity contribution in [2.75, 3.05) is 61.9 Å². The van der Waals surface area contributed by atoms with Gasteiger partial charge >= 0.3 is 11.8 Å². The van der Waals surface area contributed by atoms with Crippen molar-refractivity contribution < 1.29 is 14.0 Å². The molecule has 1 aliphatic heterocycles. The maximum atomic E-state index is 13.3. The van der Waals surface area contributed by atoms with Gasteiger partial charge in [0.25, 0.3) is 0 Å². The number of nitrogens with zero attached hydrogens (tertiary/aromatic N) is 3. The minimum Gasteiger partial charge on any atom is -0.378 e. The molecule has 3 aromatic rings. The minimum atomic E-state index is -0.691. The number of rotatable bonds is 7. The van der Waals surface area contributed by atoms with Crippen LogP contribution in [0.25, 0.3) is 0 Å². The monoisotopic (exact) mass is 489 g/mol. The van der Waals surface area contributed by atoms with Crippen LogP contribution in [-0.2, 0) is 9.59 Å². The number of anilines is 3. The van der Waals surface area contributed by atoms with Crippen molar-refractivity contribution in [2.45, 2.75) is 6.04 Å². The molecule has 1 saturated heterocycles. The van der Waals surface area contributed by atoms with E-state index < -0.39 is 11.8 Å². The number of carbonyl (C=O) groups excluding carboxylic acids is 2. The molecular weight excluding hydrogens is 457 g/mol. The zero-order chi connectivity index (χ0) is 25.5. The van der Waals surface area contributed by atoms with Crippen molar-refractivity contribution in [1.29, 1.82) is 0 Å². The molecule has 0 radical (unpaired) electrons. The van der Waals surface area contributed by atoms with Crippen LogP contribution < -0.4 is 20.4 Å². The third-order valence-electron chi connectivity index (χ3n) is 6.43. The summed E-state index contributed by atoms with van der Waals surface area (Å²) in [7, 11) is 3.99. The lowest BCUT2D eigenvalue weighted by Crippen LogP contribution is -2.50. The van der Waals surface area contributed by atoms with Gasteiger partial charge in [-0.3, -0.25) is 14.5 Å². The average molecular weight is 490 g/mol. The summed E-state index contributed by atoms with van der Waals surface area (Å²) in [5.41, 5.74) is 3.73. The number of halogens is 1. The molecule has 1 aliphatic rings. The molecule has 4 rings (SSSR count). The second-order valence-corrected chi connectivity index (χ2v) is 9.03. The molecule has 1 atom stereocenters. The summed E-state index contributed by atoms with van der Waals surface area (Å²) in [6.07, 6.45) is 0. The number of para-hydroxylation sites is 1. The number of benzene rings is 3. The first-order chi connectivity index (χ1) is 17.4. The molecule has 1 unspecified atom stereocenters. The van der Waals surface area contributed by atoms with Crippen LogP contribution in [0, 0.1) is 5.82 Å². The summed E-state index contributed by atoms with van der Waals surface area (Å²) in [6, 6.07) is 23.6. The number of hydrogen-bond donors (Lipinski definition) is 2. The van der Waals surface area contributed by atoms with Gasteiger partial charge in [-0.1, -0.05) is 30.3 Å². The van der Waals surface area contributed by atoms with Crippen LogP contribution in [0.2, 0.25) is 0 Å². The lowest BCUT2D eigenvalue weighted by molar-refractivity contribution is -0.136. The van der Waals surface area contributed by atoms with Gasteiger partial charge in [-0.05, 0) is 54.1 Å². The van der Waals surface area contributed by atoms with Gasteiger partial charge in [0.15, 0.2) is 0 Å². The third kappa shape index (κ3) is 6.40. The Balaban J connectivity index is 1.43. The van der Waals surface area contributed by atoms with E-state index in [1.165, 1.54) is 12.1 Å². The maximum Gasteiger partial charge on any atom is 0.313 e. The fraction of sp³-hybridized carbons (Fsp3) is 0.286. The minimum absolute atomic E-state index is 0.0925. The van der Waals surface area contributed by atoms with Crippen molar-refractivity contribution in [3.63, 3.8) is 0 Å². The first-order valence-corrected chi connectivity index (χ1v) is 12.1. The molecule has 8 heteroatoms. The maximum absolute atomic E-state index is 13.3. The number of carbonyl (C=O) groups is 2. The Labute approximate surface area is 211 Å². The second-order valence-electron chi connectivity index (χ2n) is 9.03. The van der Waals surface area contributed by atoms with Crippen molar-refractivity contribution in [3.05, 3.63) is 90.2 Å². The first kappa shape index (κ1) is 25.2. The van der Waals surface area contributed by atoms with Gasteiger partial charge in [0, 0.05) is 63.9 Å². The Morgan fingerprint density at radius 2 is 1.50 bits per heavy atom. The van der Waals surface area contributed by atoms with E-state index in [-0.39, 0.29) is 11.9 Å². The predicted octanol–water partition coefficient (Wildman–Crippen LogP) is 3.51. The average Bonchev–Trinajstić information content (AvgIpc) is 2.90. The highest BCUT2D eigenvalue weighted by atomic mass is 19.1. The number of nitrogens with one attached hydrogen (secondary N) is 2. The summed E-state index contributed by atoms with van der Waals surface area (Å²) in [5.74, 6) is -1.60. The molecule has 1 fully saturated rings. The van der Waals surface area contributed by atoms with Gasteiger partial charge in [-0.2, -0.15) is 0 Å². The zero-order valence-electron chi connectivity index (χ0n) is 20.7. The fourth-order valence-corrected chi connectivity index (χ4v) is 4.38.